The normalized spacial score (nSPS) is 15.0. The number of nitrogen functional groups attached to an aromatic ring is 1. The molecule has 244 valence electrons. The first kappa shape index (κ1) is 33.4. The predicted octanol–water partition coefficient (Wildman–Crippen LogP) is 5.10. The smallest absolute Gasteiger partial charge is 0.331 e. The lowest BCUT2D eigenvalue weighted by atomic mass is 9.85. The molecule has 4 aromatic rings. The Morgan fingerprint density at radius 1 is 1.15 bits per heavy atom. The molecule has 1 aromatic heterocycles. The summed E-state index contributed by atoms with van der Waals surface area (Å²) in [6.07, 6.45) is 1.58. The summed E-state index contributed by atoms with van der Waals surface area (Å²) in [5, 5.41) is 14.2. The number of amides is 2. The first-order valence-electron chi connectivity index (χ1n) is 14.1. The summed E-state index contributed by atoms with van der Waals surface area (Å²) in [7, 11) is 1.28. The van der Waals surface area contributed by atoms with Crippen molar-refractivity contribution in [3.63, 3.8) is 0 Å². The zero-order valence-corrected chi connectivity index (χ0v) is 25.5. The Labute approximate surface area is 271 Å². The third-order valence-corrected chi connectivity index (χ3v) is 8.42. The highest BCUT2D eigenvalue weighted by Crippen LogP contribution is 2.49. The van der Waals surface area contributed by atoms with Gasteiger partial charge in [0, 0.05) is 22.9 Å². The Hall–Kier alpha value is -5.01. The van der Waals surface area contributed by atoms with Crippen LogP contribution >= 0.6 is 11.6 Å². The lowest BCUT2D eigenvalue weighted by Crippen LogP contribution is -2.42. The first-order chi connectivity index (χ1) is 22.3. The number of methoxy groups -OCH3 is 1. The molecule has 3 aromatic carbocycles. The van der Waals surface area contributed by atoms with Crippen molar-refractivity contribution in [1.82, 2.24) is 10.3 Å². The molecule has 1 atom stereocenters. The predicted molar refractivity (Wildman–Crippen MR) is 167 cm³/mol. The van der Waals surface area contributed by atoms with Gasteiger partial charge < -0.3 is 26.6 Å². The lowest BCUT2D eigenvalue weighted by Gasteiger charge is -2.30. The largest absolute Gasteiger partial charge is 0.495 e. The van der Waals surface area contributed by atoms with Crippen molar-refractivity contribution in [2.24, 2.45) is 10.7 Å². The zero-order chi connectivity index (χ0) is 34.1. The molecule has 1 aliphatic rings. The van der Waals surface area contributed by atoms with E-state index in [2.05, 4.69) is 15.3 Å². The number of nitrogens with zero attached hydrogens (tertiary/aromatic N) is 2. The van der Waals surface area contributed by atoms with Gasteiger partial charge in [-0.1, -0.05) is 41.9 Å². The molecule has 5 rings (SSSR count). The number of ether oxygens (including phenoxy) is 1. The topological polar surface area (TPSA) is 153 Å². The van der Waals surface area contributed by atoms with Gasteiger partial charge in [0.1, 0.15) is 22.2 Å². The molecule has 9 nitrogen and oxygen atoms in total. The monoisotopic (exact) mass is 669 g/mol. The Morgan fingerprint density at radius 3 is 2.47 bits per heavy atom. The fourth-order valence-corrected chi connectivity index (χ4v) is 5.40. The average Bonchev–Trinajstić information content (AvgIpc) is 3.88. The second-order valence-corrected chi connectivity index (χ2v) is 11.3. The minimum absolute atomic E-state index is 0.00620. The molecule has 1 heterocycles. The van der Waals surface area contributed by atoms with Crippen molar-refractivity contribution in [2.45, 2.75) is 30.4 Å². The maximum atomic E-state index is 15.3. The summed E-state index contributed by atoms with van der Waals surface area (Å²) in [5.74, 6) is -3.48. The number of primary amides is 1. The van der Waals surface area contributed by atoms with Crippen molar-refractivity contribution in [3.8, 4) is 17.0 Å². The second-order valence-electron chi connectivity index (χ2n) is 10.9. The molecule has 6 N–H and O–H groups in total. The molecule has 1 saturated carbocycles. The van der Waals surface area contributed by atoms with Crippen LogP contribution in [0.2, 0.25) is 5.02 Å². The number of nitrogens with two attached hydrogens (primary N) is 2. The molecule has 1 fully saturated rings. The molecule has 14 heteroatoms. The van der Waals surface area contributed by atoms with E-state index >= 15 is 4.39 Å². The van der Waals surface area contributed by atoms with Crippen molar-refractivity contribution < 1.29 is 37.0 Å². The van der Waals surface area contributed by atoms with Crippen LogP contribution in [-0.2, 0) is 15.8 Å². The molecule has 47 heavy (non-hydrogen) atoms. The zero-order valence-electron chi connectivity index (χ0n) is 24.7. The number of aromatic nitrogens is 1. The molecule has 2 amide bonds. The number of hydrogen-bond donors (Lipinski definition) is 4. The molecular weight excluding hydrogens is 642 g/mol. The molecule has 0 aliphatic heterocycles. The number of benzene rings is 3. The van der Waals surface area contributed by atoms with E-state index in [0.717, 1.165) is 18.3 Å². The van der Waals surface area contributed by atoms with Gasteiger partial charge in [0.2, 0.25) is 5.91 Å². The standard InChI is InChI=1S/C33H28ClF4N5O4/c1-47-24-12-17(11-18(28(24)39)15-41-31(37)38)29(44)42-16-33(46,19-5-3-2-4-6-19)25-14-20(32(9-10-32)30(40)45)13-23(43-25)21-7-8-22(35)26(34)27(21)36/h2-8,11-15,31,46H,9-10,16,39H2,1H3,(H2,40,45)(H,42,44)/b41-15+/t33-/m1/s1. The number of carbonyl (C=O) groups excluding carboxylic acids is 2. The Balaban J connectivity index is 1.62. The van der Waals surface area contributed by atoms with Gasteiger partial charge in [0.15, 0.2) is 5.82 Å². The fraction of sp³-hybridized carbons (Fsp3) is 0.212. The average molecular weight is 670 g/mol. The molecule has 0 saturated heterocycles. The number of aliphatic hydroxyl groups is 1. The van der Waals surface area contributed by atoms with Crippen LogP contribution in [0.1, 0.15) is 45.6 Å². The summed E-state index contributed by atoms with van der Waals surface area (Å²) < 4.78 is 60.0. The van der Waals surface area contributed by atoms with Crippen molar-refractivity contribution >= 4 is 35.3 Å². The number of anilines is 1. The van der Waals surface area contributed by atoms with Gasteiger partial charge in [0.05, 0.1) is 36.1 Å². The molecule has 0 radical (unpaired) electrons. The second kappa shape index (κ2) is 13.0. The number of pyridine rings is 1. The van der Waals surface area contributed by atoms with E-state index < -0.39 is 52.6 Å². The van der Waals surface area contributed by atoms with E-state index in [1.54, 1.807) is 30.3 Å². The van der Waals surface area contributed by atoms with Crippen LogP contribution in [0.25, 0.3) is 11.3 Å². The number of nitrogens with one attached hydrogen (secondary N) is 1. The van der Waals surface area contributed by atoms with Crippen LogP contribution < -0.4 is 21.5 Å². The number of alkyl halides is 2. The third-order valence-electron chi connectivity index (χ3n) is 8.07. The van der Waals surface area contributed by atoms with Gasteiger partial charge >= 0.3 is 6.55 Å². The quantitative estimate of drug-likeness (QED) is 0.0574. The van der Waals surface area contributed by atoms with E-state index in [-0.39, 0.29) is 45.1 Å². The van der Waals surface area contributed by atoms with E-state index in [1.807, 2.05) is 0 Å². The van der Waals surface area contributed by atoms with Crippen molar-refractivity contribution in [2.75, 3.05) is 19.4 Å². The van der Waals surface area contributed by atoms with Gasteiger partial charge in [-0.3, -0.25) is 9.59 Å². The highest BCUT2D eigenvalue weighted by atomic mass is 35.5. The van der Waals surface area contributed by atoms with E-state index in [1.165, 1.54) is 31.4 Å². The summed E-state index contributed by atoms with van der Waals surface area (Å²) in [4.78, 5) is 33.6. The minimum Gasteiger partial charge on any atom is -0.495 e. The molecule has 0 spiro atoms. The maximum Gasteiger partial charge on any atom is 0.331 e. The van der Waals surface area contributed by atoms with Gasteiger partial charge in [-0.2, -0.15) is 8.78 Å². The van der Waals surface area contributed by atoms with E-state index in [0.29, 0.717) is 18.4 Å². The maximum absolute atomic E-state index is 15.3. The van der Waals surface area contributed by atoms with E-state index in [4.69, 9.17) is 27.8 Å². The van der Waals surface area contributed by atoms with Crippen LogP contribution in [0.5, 0.6) is 5.75 Å². The number of rotatable bonds is 11. The Bertz CT molecular complexity index is 1890. The highest BCUT2D eigenvalue weighted by Gasteiger charge is 2.51. The van der Waals surface area contributed by atoms with Gasteiger partial charge in [0.25, 0.3) is 5.91 Å². The van der Waals surface area contributed by atoms with Crippen molar-refractivity contribution in [3.05, 3.63) is 111 Å². The minimum atomic E-state index is -3.02. The number of halogens is 5. The van der Waals surface area contributed by atoms with Gasteiger partial charge in [-0.25, -0.2) is 18.8 Å². The molecule has 0 bridgehead atoms. The van der Waals surface area contributed by atoms with Crippen LogP contribution in [0.4, 0.5) is 23.2 Å². The highest BCUT2D eigenvalue weighted by molar-refractivity contribution is 6.31. The summed E-state index contributed by atoms with van der Waals surface area (Å²) in [5.41, 5.74) is 8.64. The first-order valence-corrected chi connectivity index (χ1v) is 14.5. The summed E-state index contributed by atoms with van der Waals surface area (Å²) in [6, 6.07) is 15.6. The Kier molecular flexibility index (Phi) is 9.23. The lowest BCUT2D eigenvalue weighted by molar-refractivity contribution is -0.120. The molecular formula is C33H28ClF4N5O4. The Morgan fingerprint density at radius 2 is 1.85 bits per heavy atom. The summed E-state index contributed by atoms with van der Waals surface area (Å²) in [6.45, 7) is -3.54. The number of aliphatic imine (C=N–C) groups is 1. The van der Waals surface area contributed by atoms with Gasteiger partial charge in [-0.15, -0.1) is 0 Å². The van der Waals surface area contributed by atoms with Gasteiger partial charge in [-0.05, 0) is 60.4 Å². The van der Waals surface area contributed by atoms with Crippen LogP contribution in [0.3, 0.4) is 0 Å². The number of hydrogen-bond acceptors (Lipinski definition) is 7. The number of carbonyl (C=O) groups is 2. The molecule has 1 aliphatic carbocycles. The van der Waals surface area contributed by atoms with E-state index in [9.17, 15) is 27.9 Å². The summed E-state index contributed by atoms with van der Waals surface area (Å²) >= 11 is 5.86. The molecule has 0 unspecified atom stereocenters. The van der Waals surface area contributed by atoms with Crippen LogP contribution in [-0.4, -0.2) is 48.3 Å². The fourth-order valence-electron chi connectivity index (χ4n) is 5.24. The van der Waals surface area contributed by atoms with Crippen molar-refractivity contribution in [1.29, 1.82) is 0 Å². The SMILES string of the molecule is COc1cc(C(=O)NC[C@@](O)(c2ccccc2)c2cc(C3(C(N)=O)CC3)cc(-c3ccc(F)c(Cl)c3F)n2)cc(/C=N/C(F)F)c1N. The van der Waals surface area contributed by atoms with Crippen LogP contribution in [0, 0.1) is 11.6 Å². The van der Waals surface area contributed by atoms with Crippen LogP contribution in [0.15, 0.2) is 71.7 Å². The third kappa shape index (κ3) is 6.49.